The van der Waals surface area contributed by atoms with Gasteiger partial charge in [-0.2, -0.15) is 10.1 Å². The Bertz CT molecular complexity index is 842. The Morgan fingerprint density at radius 2 is 2.00 bits per heavy atom. The molecule has 1 saturated carbocycles. The number of aromatic nitrogens is 4. The molecule has 2 aromatic rings. The van der Waals surface area contributed by atoms with Crippen LogP contribution in [0.2, 0.25) is 0 Å². The van der Waals surface area contributed by atoms with Crippen LogP contribution in [0.3, 0.4) is 0 Å². The first kappa shape index (κ1) is 19.4. The van der Waals surface area contributed by atoms with Gasteiger partial charge < -0.3 is 10.6 Å². The zero-order valence-electron chi connectivity index (χ0n) is 16.5. The van der Waals surface area contributed by atoms with Crippen molar-refractivity contribution in [1.29, 1.82) is 0 Å². The van der Waals surface area contributed by atoms with Crippen LogP contribution in [0.15, 0.2) is 11.0 Å². The highest BCUT2D eigenvalue weighted by atomic mass is 16.1. The molecule has 0 radical (unpaired) electrons. The maximum absolute atomic E-state index is 12.2. The summed E-state index contributed by atoms with van der Waals surface area (Å²) in [7, 11) is 0. The van der Waals surface area contributed by atoms with E-state index in [0.29, 0.717) is 42.4 Å². The summed E-state index contributed by atoms with van der Waals surface area (Å²) in [6, 6.07) is 0. The van der Waals surface area contributed by atoms with Gasteiger partial charge in [0.2, 0.25) is 11.9 Å². The van der Waals surface area contributed by atoms with Gasteiger partial charge in [-0.1, -0.05) is 19.3 Å². The van der Waals surface area contributed by atoms with E-state index in [1.54, 1.807) is 10.9 Å². The summed E-state index contributed by atoms with van der Waals surface area (Å²) >= 11 is 0. The van der Waals surface area contributed by atoms with Crippen LogP contribution in [0.1, 0.15) is 59.3 Å². The molecule has 3 N–H and O–H groups in total. The molecule has 148 valence electrons. The maximum atomic E-state index is 12.2. The van der Waals surface area contributed by atoms with Crippen LogP contribution in [-0.4, -0.2) is 38.7 Å². The monoisotopic (exact) mass is 374 g/mol. The lowest BCUT2D eigenvalue weighted by Gasteiger charge is -2.21. The van der Waals surface area contributed by atoms with Gasteiger partial charge in [-0.15, -0.1) is 0 Å². The summed E-state index contributed by atoms with van der Waals surface area (Å²) in [5.74, 6) is 1.02. The number of hydrogen-bond donors (Lipinski definition) is 3. The van der Waals surface area contributed by atoms with E-state index in [2.05, 4.69) is 25.7 Å². The normalized spacial score (nSPS) is 15.8. The second-order valence-corrected chi connectivity index (χ2v) is 8.36. The maximum Gasteiger partial charge on any atom is 0.263 e. The third-order valence-corrected chi connectivity index (χ3v) is 5.01. The van der Waals surface area contributed by atoms with Crippen molar-refractivity contribution in [3.63, 3.8) is 0 Å². The quantitative estimate of drug-likeness (QED) is 0.673. The van der Waals surface area contributed by atoms with Crippen molar-refractivity contribution in [2.45, 2.75) is 64.8 Å². The summed E-state index contributed by atoms with van der Waals surface area (Å²) in [4.78, 5) is 31.5. The average Bonchev–Trinajstić information content (AvgIpc) is 3.04. The van der Waals surface area contributed by atoms with Gasteiger partial charge in [-0.3, -0.25) is 14.6 Å². The fraction of sp³-hybridized carbons (Fsp3) is 0.684. The molecule has 0 aromatic carbocycles. The average molecular weight is 374 g/mol. The molecular formula is C19H30N6O2. The first-order valence-corrected chi connectivity index (χ1v) is 9.83. The molecule has 8 nitrogen and oxygen atoms in total. The van der Waals surface area contributed by atoms with Gasteiger partial charge in [0.25, 0.3) is 5.56 Å². The number of hydrogen-bond acceptors (Lipinski definition) is 5. The lowest BCUT2D eigenvalue weighted by Crippen LogP contribution is -2.31. The van der Waals surface area contributed by atoms with Crippen molar-refractivity contribution in [3.05, 3.63) is 16.6 Å². The van der Waals surface area contributed by atoms with Gasteiger partial charge in [-0.05, 0) is 39.5 Å². The summed E-state index contributed by atoms with van der Waals surface area (Å²) in [5.41, 5.74) is 0.0572. The van der Waals surface area contributed by atoms with Gasteiger partial charge in [-0.25, -0.2) is 4.68 Å². The number of aromatic amines is 1. The van der Waals surface area contributed by atoms with Crippen LogP contribution in [-0.2, 0) is 10.3 Å². The fourth-order valence-electron chi connectivity index (χ4n) is 3.60. The van der Waals surface area contributed by atoms with Crippen molar-refractivity contribution in [2.24, 2.45) is 5.92 Å². The first-order chi connectivity index (χ1) is 12.8. The van der Waals surface area contributed by atoms with Crippen molar-refractivity contribution in [2.75, 3.05) is 18.4 Å². The molecule has 0 saturated heterocycles. The van der Waals surface area contributed by atoms with Gasteiger partial charge in [0.15, 0.2) is 5.65 Å². The van der Waals surface area contributed by atoms with Crippen molar-refractivity contribution in [1.82, 2.24) is 25.1 Å². The lowest BCUT2D eigenvalue weighted by molar-refractivity contribution is -0.122. The Labute approximate surface area is 159 Å². The van der Waals surface area contributed by atoms with E-state index < -0.39 is 0 Å². The lowest BCUT2D eigenvalue weighted by atomic mass is 9.87. The van der Waals surface area contributed by atoms with Crippen LogP contribution in [0.5, 0.6) is 0 Å². The van der Waals surface area contributed by atoms with E-state index in [1.807, 2.05) is 20.8 Å². The number of carbonyl (C=O) groups excluding carboxylic acids is 1. The molecule has 3 rings (SSSR count). The van der Waals surface area contributed by atoms with Crippen LogP contribution >= 0.6 is 0 Å². The fourth-order valence-corrected chi connectivity index (χ4v) is 3.60. The molecule has 2 heterocycles. The molecule has 0 atom stereocenters. The third kappa shape index (κ3) is 4.87. The van der Waals surface area contributed by atoms with E-state index in [-0.39, 0.29) is 17.0 Å². The number of fused-ring (bicyclic) bond motifs is 1. The molecule has 1 fully saturated rings. The van der Waals surface area contributed by atoms with Crippen LogP contribution < -0.4 is 16.2 Å². The van der Waals surface area contributed by atoms with E-state index in [9.17, 15) is 9.59 Å². The second-order valence-electron chi connectivity index (χ2n) is 8.36. The zero-order chi connectivity index (χ0) is 19.4. The predicted molar refractivity (Wildman–Crippen MR) is 106 cm³/mol. The second kappa shape index (κ2) is 8.10. The van der Waals surface area contributed by atoms with E-state index in [4.69, 9.17) is 0 Å². The van der Waals surface area contributed by atoms with Crippen molar-refractivity contribution < 1.29 is 4.79 Å². The van der Waals surface area contributed by atoms with Crippen LogP contribution in [0, 0.1) is 5.92 Å². The van der Waals surface area contributed by atoms with E-state index in [0.717, 1.165) is 12.8 Å². The summed E-state index contributed by atoms with van der Waals surface area (Å²) in [5, 5.41) is 10.8. The minimum absolute atomic E-state index is 0.103. The Morgan fingerprint density at radius 1 is 1.26 bits per heavy atom. The topological polar surface area (TPSA) is 105 Å². The molecular weight excluding hydrogens is 344 g/mol. The number of amides is 1. The molecule has 0 unspecified atom stereocenters. The van der Waals surface area contributed by atoms with Crippen molar-refractivity contribution in [3.8, 4) is 0 Å². The Hall–Kier alpha value is -2.38. The molecule has 1 aliphatic rings. The van der Waals surface area contributed by atoms with Crippen molar-refractivity contribution >= 4 is 22.9 Å². The zero-order valence-corrected chi connectivity index (χ0v) is 16.5. The summed E-state index contributed by atoms with van der Waals surface area (Å²) in [6.45, 7) is 7.02. The first-order valence-electron chi connectivity index (χ1n) is 9.83. The number of nitrogens with zero attached hydrogens (tertiary/aromatic N) is 3. The number of H-pyrrole nitrogens is 1. The number of anilines is 1. The van der Waals surface area contributed by atoms with E-state index >= 15 is 0 Å². The Morgan fingerprint density at radius 3 is 2.70 bits per heavy atom. The highest BCUT2D eigenvalue weighted by Gasteiger charge is 2.20. The molecule has 0 bridgehead atoms. The molecule has 2 aromatic heterocycles. The SMILES string of the molecule is CC(C)(C)n1ncc2c(=O)[nH]c(NCCNC(=O)CC3CCCCC3)nc21. The molecule has 1 amide bonds. The molecule has 27 heavy (non-hydrogen) atoms. The largest absolute Gasteiger partial charge is 0.354 e. The molecule has 1 aliphatic carbocycles. The van der Waals surface area contributed by atoms with E-state index in [1.165, 1.54) is 19.3 Å². The molecule has 0 aliphatic heterocycles. The molecule has 0 spiro atoms. The highest BCUT2D eigenvalue weighted by molar-refractivity contribution is 5.76. The number of nitrogens with one attached hydrogen (secondary N) is 3. The van der Waals surface area contributed by atoms with Crippen LogP contribution in [0.4, 0.5) is 5.95 Å². The van der Waals surface area contributed by atoms with Gasteiger partial charge >= 0.3 is 0 Å². The Kier molecular flexibility index (Phi) is 5.82. The van der Waals surface area contributed by atoms with Gasteiger partial charge in [0.1, 0.15) is 5.39 Å². The van der Waals surface area contributed by atoms with Crippen LogP contribution in [0.25, 0.3) is 11.0 Å². The highest BCUT2D eigenvalue weighted by Crippen LogP contribution is 2.26. The minimum atomic E-state index is -0.271. The smallest absolute Gasteiger partial charge is 0.263 e. The number of carbonyl (C=O) groups is 1. The predicted octanol–water partition coefficient (Wildman–Crippen LogP) is 2.37. The van der Waals surface area contributed by atoms with Gasteiger partial charge in [0.05, 0.1) is 11.7 Å². The minimum Gasteiger partial charge on any atom is -0.354 e. The summed E-state index contributed by atoms with van der Waals surface area (Å²) < 4.78 is 1.74. The van der Waals surface area contributed by atoms with Gasteiger partial charge in [0, 0.05) is 19.5 Å². The number of rotatable bonds is 6. The Balaban J connectivity index is 1.54. The third-order valence-electron chi connectivity index (χ3n) is 5.01. The summed E-state index contributed by atoms with van der Waals surface area (Å²) in [6.07, 6.45) is 8.27. The molecule has 8 heteroatoms. The standard InChI is InChI=1S/C19H30N6O2/c1-19(2,3)25-16-14(12-22-25)17(27)24-18(23-16)21-10-9-20-15(26)11-13-7-5-4-6-8-13/h12-13H,4-11H2,1-3H3,(H,20,26)(H2,21,23,24,27).